The Bertz CT molecular complexity index is 766. The molecule has 0 radical (unpaired) electrons. The number of amides is 1. The van der Waals surface area contributed by atoms with Crippen LogP contribution in [0.2, 0.25) is 0 Å². The Hall–Kier alpha value is -1.97. The van der Waals surface area contributed by atoms with Gasteiger partial charge in [0.15, 0.2) is 0 Å². The highest BCUT2D eigenvalue weighted by Crippen LogP contribution is 2.27. The second-order valence-corrected chi connectivity index (χ2v) is 7.06. The van der Waals surface area contributed by atoms with Crippen molar-refractivity contribution in [1.29, 1.82) is 5.26 Å². The first-order chi connectivity index (χ1) is 10.7. The highest BCUT2D eigenvalue weighted by atomic mass is 32.1. The number of piperidine rings is 1. The lowest BCUT2D eigenvalue weighted by molar-refractivity contribution is 0.0904. The molecule has 0 aliphatic carbocycles. The molecular formula is C16H16N4OS. The van der Waals surface area contributed by atoms with Crippen LogP contribution in [0.1, 0.15) is 28.9 Å². The Morgan fingerprint density at radius 2 is 2.41 bits per heavy atom. The number of fused-ring (bicyclic) bond motifs is 3. The number of aromatic nitrogens is 1. The second-order valence-electron chi connectivity index (χ2n) is 6.15. The van der Waals surface area contributed by atoms with Crippen LogP contribution in [0.25, 0.3) is 10.1 Å². The van der Waals surface area contributed by atoms with Crippen molar-refractivity contribution in [3.8, 4) is 6.07 Å². The minimum Gasteiger partial charge on any atom is -0.347 e. The van der Waals surface area contributed by atoms with Gasteiger partial charge in [0.25, 0.3) is 5.91 Å². The largest absolute Gasteiger partial charge is 0.347 e. The van der Waals surface area contributed by atoms with Crippen LogP contribution >= 0.6 is 11.3 Å². The summed E-state index contributed by atoms with van der Waals surface area (Å²) in [5, 5.41) is 14.8. The fraction of sp³-hybridized carbons (Fsp3) is 0.438. The molecule has 0 saturated carbocycles. The number of hydrogen-bond donors (Lipinski definition) is 1. The molecular weight excluding hydrogens is 296 g/mol. The molecule has 0 aromatic carbocycles. The molecule has 112 valence electrons. The maximum absolute atomic E-state index is 12.4. The Morgan fingerprint density at radius 1 is 1.50 bits per heavy atom. The van der Waals surface area contributed by atoms with Gasteiger partial charge in [-0.25, -0.2) is 4.98 Å². The summed E-state index contributed by atoms with van der Waals surface area (Å²) in [5.74, 6) is 0.584. The Labute approximate surface area is 132 Å². The van der Waals surface area contributed by atoms with Crippen LogP contribution in [0.4, 0.5) is 0 Å². The molecule has 1 amide bonds. The molecule has 4 rings (SSSR count). The first-order valence-electron chi connectivity index (χ1n) is 7.53. The molecule has 1 N–H and O–H groups in total. The topological polar surface area (TPSA) is 69.0 Å². The lowest BCUT2D eigenvalue weighted by atomic mass is 9.97. The molecule has 22 heavy (non-hydrogen) atoms. The van der Waals surface area contributed by atoms with E-state index in [4.69, 9.17) is 5.26 Å². The van der Waals surface area contributed by atoms with Gasteiger partial charge >= 0.3 is 0 Å². The van der Waals surface area contributed by atoms with E-state index in [1.54, 1.807) is 17.6 Å². The van der Waals surface area contributed by atoms with Gasteiger partial charge in [-0.1, -0.05) is 0 Å². The van der Waals surface area contributed by atoms with Crippen LogP contribution in [-0.4, -0.2) is 41.5 Å². The smallest absolute Gasteiger partial charge is 0.270 e. The molecule has 2 aliphatic rings. The summed E-state index contributed by atoms with van der Waals surface area (Å²) in [6, 6.07) is 4.11. The highest BCUT2D eigenvalue weighted by molar-refractivity contribution is 7.17. The average Bonchev–Trinajstić information content (AvgIpc) is 3.09. The van der Waals surface area contributed by atoms with Gasteiger partial charge in [-0.2, -0.15) is 5.26 Å². The van der Waals surface area contributed by atoms with Crippen molar-refractivity contribution in [2.45, 2.75) is 18.9 Å². The van der Waals surface area contributed by atoms with Crippen molar-refractivity contribution < 1.29 is 4.79 Å². The summed E-state index contributed by atoms with van der Waals surface area (Å²) in [5.41, 5.74) is 1.01. The van der Waals surface area contributed by atoms with E-state index in [2.05, 4.69) is 21.3 Å². The zero-order chi connectivity index (χ0) is 15.1. The van der Waals surface area contributed by atoms with E-state index in [0.29, 0.717) is 11.3 Å². The first-order valence-corrected chi connectivity index (χ1v) is 8.41. The highest BCUT2D eigenvalue weighted by Gasteiger charge is 2.33. The molecule has 2 fully saturated rings. The van der Waals surface area contributed by atoms with Crippen LogP contribution in [0, 0.1) is 17.2 Å². The third-order valence-corrected chi connectivity index (χ3v) is 5.55. The Balaban J connectivity index is 1.54. The lowest BCUT2D eigenvalue weighted by Gasteiger charge is -2.30. The van der Waals surface area contributed by atoms with E-state index in [1.807, 2.05) is 0 Å². The minimum atomic E-state index is -0.135. The van der Waals surface area contributed by atoms with Gasteiger partial charge in [-0.3, -0.25) is 4.79 Å². The SMILES string of the molecule is N#Cc1csc2cnc(C(=O)N[C@@H]3C[C@@H]4CCN(C4)C3)cc12. The summed E-state index contributed by atoms with van der Waals surface area (Å²) in [7, 11) is 0. The number of pyridine rings is 1. The van der Waals surface area contributed by atoms with Crippen molar-refractivity contribution in [2.24, 2.45) is 5.92 Å². The first kappa shape index (κ1) is 13.7. The van der Waals surface area contributed by atoms with Crippen molar-refractivity contribution in [1.82, 2.24) is 15.2 Å². The normalized spacial score (nSPS) is 26.8. The van der Waals surface area contributed by atoms with Gasteiger partial charge in [0.2, 0.25) is 0 Å². The van der Waals surface area contributed by atoms with Crippen molar-refractivity contribution in [3.63, 3.8) is 0 Å². The molecule has 2 aromatic rings. The van der Waals surface area contributed by atoms with Crippen LogP contribution < -0.4 is 5.32 Å². The maximum atomic E-state index is 12.4. The number of rotatable bonds is 2. The Kier molecular flexibility index (Phi) is 3.32. The van der Waals surface area contributed by atoms with Gasteiger partial charge in [0.05, 0.1) is 10.3 Å². The van der Waals surface area contributed by atoms with Crippen molar-refractivity contribution in [3.05, 3.63) is 28.9 Å². The molecule has 0 spiro atoms. The number of thiophene rings is 1. The Morgan fingerprint density at radius 3 is 3.23 bits per heavy atom. The molecule has 6 heteroatoms. The van der Waals surface area contributed by atoms with Crippen molar-refractivity contribution >= 4 is 27.3 Å². The van der Waals surface area contributed by atoms with E-state index in [1.165, 1.54) is 24.3 Å². The molecule has 5 nitrogen and oxygen atoms in total. The summed E-state index contributed by atoms with van der Waals surface area (Å²) >= 11 is 1.48. The van der Waals surface area contributed by atoms with Gasteiger partial charge in [-0.15, -0.1) is 11.3 Å². The van der Waals surface area contributed by atoms with E-state index in [-0.39, 0.29) is 11.9 Å². The maximum Gasteiger partial charge on any atom is 0.270 e. The number of nitrogens with one attached hydrogen (secondary N) is 1. The molecule has 2 aromatic heterocycles. The van der Waals surface area contributed by atoms with Crippen LogP contribution in [0.5, 0.6) is 0 Å². The number of hydrogen-bond acceptors (Lipinski definition) is 5. The van der Waals surface area contributed by atoms with E-state index in [9.17, 15) is 4.79 Å². The van der Waals surface area contributed by atoms with Crippen molar-refractivity contribution in [2.75, 3.05) is 19.6 Å². The second kappa shape index (κ2) is 5.34. The molecule has 2 bridgehead atoms. The summed E-state index contributed by atoms with van der Waals surface area (Å²) in [6.07, 6.45) is 3.99. The monoisotopic (exact) mass is 312 g/mol. The van der Waals surface area contributed by atoms with Gasteiger partial charge in [0.1, 0.15) is 11.8 Å². The predicted octanol–water partition coefficient (Wildman–Crippen LogP) is 1.99. The summed E-state index contributed by atoms with van der Waals surface area (Å²) < 4.78 is 0.940. The summed E-state index contributed by atoms with van der Waals surface area (Å²) in [4.78, 5) is 19.1. The molecule has 2 saturated heterocycles. The zero-order valence-corrected chi connectivity index (χ0v) is 12.9. The van der Waals surface area contributed by atoms with Gasteiger partial charge in [0, 0.05) is 36.1 Å². The van der Waals surface area contributed by atoms with Crippen LogP contribution in [0.15, 0.2) is 17.6 Å². The molecule has 2 aliphatic heterocycles. The van der Waals surface area contributed by atoms with Gasteiger partial charge in [-0.05, 0) is 31.4 Å². The molecule has 1 unspecified atom stereocenters. The quantitative estimate of drug-likeness (QED) is 0.921. The third kappa shape index (κ3) is 2.36. The average molecular weight is 312 g/mol. The standard InChI is InChI=1S/C16H16N4OS/c17-5-11-9-22-15-6-18-14(4-13(11)15)16(21)19-12-3-10-1-2-20(7-10)8-12/h4,6,9-10,12H,1-3,7-8H2,(H,19,21)/t10-,12+/m0/s1. The van der Waals surface area contributed by atoms with E-state index >= 15 is 0 Å². The zero-order valence-electron chi connectivity index (χ0n) is 12.1. The van der Waals surface area contributed by atoms with E-state index < -0.39 is 0 Å². The number of nitriles is 1. The minimum absolute atomic E-state index is 0.135. The van der Waals surface area contributed by atoms with E-state index in [0.717, 1.165) is 35.5 Å². The van der Waals surface area contributed by atoms with Gasteiger partial charge < -0.3 is 10.2 Å². The fourth-order valence-electron chi connectivity index (χ4n) is 3.57. The number of nitrogens with zero attached hydrogens (tertiary/aromatic N) is 3. The number of carbonyl (C=O) groups excluding carboxylic acids is 1. The van der Waals surface area contributed by atoms with Crippen LogP contribution in [0.3, 0.4) is 0 Å². The summed E-state index contributed by atoms with van der Waals surface area (Å²) in [6.45, 7) is 3.27. The fourth-order valence-corrected chi connectivity index (χ4v) is 4.40. The molecule has 4 heterocycles. The lowest BCUT2D eigenvalue weighted by Crippen LogP contribution is -2.47. The number of carbonyl (C=O) groups is 1. The predicted molar refractivity (Wildman–Crippen MR) is 84.8 cm³/mol. The van der Waals surface area contributed by atoms with Crippen LogP contribution in [-0.2, 0) is 0 Å². The third-order valence-electron chi connectivity index (χ3n) is 4.62. The molecule has 3 atom stereocenters.